The number of aryl methyl sites for hydroxylation is 1. The molecular formula is C21H26N4O3S. The summed E-state index contributed by atoms with van der Waals surface area (Å²) in [5.74, 6) is 0.0392. The maximum Gasteiger partial charge on any atom is 0.253 e. The van der Waals surface area contributed by atoms with E-state index in [1.807, 2.05) is 45.0 Å². The van der Waals surface area contributed by atoms with Gasteiger partial charge in [-0.05, 0) is 51.2 Å². The van der Waals surface area contributed by atoms with Crippen molar-refractivity contribution in [1.29, 1.82) is 0 Å². The van der Waals surface area contributed by atoms with E-state index in [-0.39, 0.29) is 30.2 Å². The van der Waals surface area contributed by atoms with E-state index in [2.05, 4.69) is 10.2 Å². The fourth-order valence-corrected chi connectivity index (χ4v) is 6.97. The molecule has 0 radical (unpaired) electrons. The van der Waals surface area contributed by atoms with E-state index in [1.54, 1.807) is 23.2 Å². The number of aromatic nitrogens is 2. The first-order chi connectivity index (χ1) is 13.7. The van der Waals surface area contributed by atoms with Crippen molar-refractivity contribution in [3.8, 4) is 11.3 Å². The summed E-state index contributed by atoms with van der Waals surface area (Å²) in [5.41, 5.74) is 4.40. The number of fused-ring (bicyclic) bond motifs is 1. The number of nitrogens with zero attached hydrogens (tertiary/aromatic N) is 4. The van der Waals surface area contributed by atoms with Crippen LogP contribution >= 0.6 is 0 Å². The zero-order valence-electron chi connectivity index (χ0n) is 17.2. The average molecular weight is 415 g/mol. The summed E-state index contributed by atoms with van der Waals surface area (Å²) in [6.07, 6.45) is 1.73. The first-order valence-corrected chi connectivity index (χ1v) is 11.5. The summed E-state index contributed by atoms with van der Waals surface area (Å²) in [4.78, 5) is 16.7. The van der Waals surface area contributed by atoms with Crippen molar-refractivity contribution in [3.05, 3.63) is 47.2 Å². The van der Waals surface area contributed by atoms with Gasteiger partial charge >= 0.3 is 0 Å². The molecule has 2 aliphatic rings. The number of hydrogen-bond acceptors (Lipinski definition) is 6. The second kappa shape index (κ2) is 7.18. The molecular weight excluding hydrogens is 388 g/mol. The molecule has 0 aliphatic carbocycles. The monoisotopic (exact) mass is 414 g/mol. The Labute approximate surface area is 171 Å². The number of benzene rings is 1. The van der Waals surface area contributed by atoms with Crippen LogP contribution in [0.25, 0.3) is 11.3 Å². The summed E-state index contributed by atoms with van der Waals surface area (Å²) in [7, 11) is 0.640. The van der Waals surface area contributed by atoms with Gasteiger partial charge in [-0.2, -0.15) is 10.2 Å². The second-order valence-corrected chi connectivity index (χ2v) is 10.6. The van der Waals surface area contributed by atoms with Gasteiger partial charge in [0.25, 0.3) is 5.91 Å². The van der Waals surface area contributed by atoms with Crippen LogP contribution in [0.1, 0.15) is 21.5 Å². The van der Waals surface area contributed by atoms with Crippen LogP contribution in [0, 0.1) is 19.8 Å². The topological polar surface area (TPSA) is 83.5 Å². The minimum atomic E-state index is -3.17. The van der Waals surface area contributed by atoms with Gasteiger partial charge in [-0.3, -0.25) is 4.79 Å². The summed E-state index contributed by atoms with van der Waals surface area (Å²) >= 11 is 0. The van der Waals surface area contributed by atoms with Crippen LogP contribution in [0.2, 0.25) is 0 Å². The molecule has 0 N–H and O–H groups in total. The van der Waals surface area contributed by atoms with E-state index in [0.717, 1.165) is 22.4 Å². The Morgan fingerprint density at radius 1 is 1.14 bits per heavy atom. The smallest absolute Gasteiger partial charge is 0.253 e. The lowest BCUT2D eigenvalue weighted by molar-refractivity contribution is 0.0779. The van der Waals surface area contributed by atoms with E-state index in [1.165, 1.54) is 0 Å². The predicted molar refractivity (Wildman–Crippen MR) is 111 cm³/mol. The molecule has 0 saturated carbocycles. The van der Waals surface area contributed by atoms with Crippen LogP contribution in [0.5, 0.6) is 0 Å². The zero-order chi connectivity index (χ0) is 20.9. The predicted octanol–water partition coefficient (Wildman–Crippen LogP) is 1.56. The van der Waals surface area contributed by atoms with E-state index in [0.29, 0.717) is 12.1 Å². The fraction of sp³-hybridized carbons (Fsp3) is 0.476. The number of sulfone groups is 1. The lowest BCUT2D eigenvalue weighted by Crippen LogP contribution is -2.38. The molecule has 0 unspecified atom stereocenters. The van der Waals surface area contributed by atoms with Gasteiger partial charge < -0.3 is 9.80 Å². The zero-order valence-corrected chi connectivity index (χ0v) is 18.0. The third-order valence-electron chi connectivity index (χ3n) is 6.38. The molecule has 7 nitrogen and oxygen atoms in total. The maximum absolute atomic E-state index is 13.0. The average Bonchev–Trinajstić information content (AvgIpc) is 3.23. The Morgan fingerprint density at radius 2 is 1.83 bits per heavy atom. The molecule has 0 spiro atoms. The second-order valence-electron chi connectivity index (χ2n) is 8.35. The van der Waals surface area contributed by atoms with Gasteiger partial charge in [-0.25, -0.2) is 8.42 Å². The molecule has 154 valence electrons. The quantitative estimate of drug-likeness (QED) is 0.758. The Bertz CT molecular complexity index is 1050. The Morgan fingerprint density at radius 3 is 2.48 bits per heavy atom. The standard InChI is InChI=1S/C21H26N4O3S/c1-13-9-22-23-20(14(13)2)15-5-7-16(8-6-15)21(26)25-10-17-18(24(3)4)12-29(27,28)19(17)11-25/h5-9,17-19H,10-12H2,1-4H3/t17-,18-,19-/m0/s1. The summed E-state index contributed by atoms with van der Waals surface area (Å²) in [5, 5.41) is 7.79. The first-order valence-electron chi connectivity index (χ1n) is 9.75. The van der Waals surface area contributed by atoms with Crippen molar-refractivity contribution in [2.45, 2.75) is 25.1 Å². The maximum atomic E-state index is 13.0. The number of amides is 1. The van der Waals surface area contributed by atoms with Gasteiger partial charge in [-0.1, -0.05) is 12.1 Å². The van der Waals surface area contributed by atoms with Crippen molar-refractivity contribution in [1.82, 2.24) is 20.0 Å². The van der Waals surface area contributed by atoms with Crippen LogP contribution in [0.4, 0.5) is 0 Å². The molecule has 0 bridgehead atoms. The van der Waals surface area contributed by atoms with Gasteiger partial charge in [0, 0.05) is 36.2 Å². The molecule has 2 fully saturated rings. The van der Waals surface area contributed by atoms with Gasteiger partial charge in [0.1, 0.15) is 0 Å². The molecule has 4 rings (SSSR count). The number of rotatable bonds is 3. The molecule has 1 amide bonds. The van der Waals surface area contributed by atoms with Gasteiger partial charge in [0.15, 0.2) is 9.84 Å². The molecule has 1 aromatic carbocycles. The third kappa shape index (κ3) is 3.44. The summed E-state index contributed by atoms with van der Waals surface area (Å²) in [6.45, 7) is 4.75. The molecule has 3 heterocycles. The van der Waals surface area contributed by atoms with Gasteiger partial charge in [0.05, 0.1) is 22.9 Å². The SMILES string of the molecule is Cc1cnnc(-c2ccc(C(=O)N3C[C@H]4[C@@H](N(C)C)CS(=O)(=O)[C@H]4C3)cc2)c1C. The highest BCUT2D eigenvalue weighted by Gasteiger charge is 2.53. The first kappa shape index (κ1) is 20.0. The molecule has 29 heavy (non-hydrogen) atoms. The molecule has 1 aromatic heterocycles. The van der Waals surface area contributed by atoms with Crippen molar-refractivity contribution >= 4 is 15.7 Å². The van der Waals surface area contributed by atoms with E-state index < -0.39 is 15.1 Å². The van der Waals surface area contributed by atoms with Crippen molar-refractivity contribution in [2.24, 2.45) is 5.92 Å². The molecule has 2 saturated heterocycles. The van der Waals surface area contributed by atoms with Crippen LogP contribution in [-0.4, -0.2) is 78.6 Å². The van der Waals surface area contributed by atoms with Crippen LogP contribution in [-0.2, 0) is 9.84 Å². The van der Waals surface area contributed by atoms with Crippen molar-refractivity contribution in [2.75, 3.05) is 32.9 Å². The van der Waals surface area contributed by atoms with E-state index in [4.69, 9.17) is 0 Å². The van der Waals surface area contributed by atoms with E-state index >= 15 is 0 Å². The lowest BCUT2D eigenvalue weighted by atomic mass is 10.00. The third-order valence-corrected chi connectivity index (χ3v) is 8.61. The van der Waals surface area contributed by atoms with E-state index in [9.17, 15) is 13.2 Å². The van der Waals surface area contributed by atoms with Crippen LogP contribution in [0.15, 0.2) is 30.5 Å². The molecule has 3 atom stereocenters. The highest BCUT2D eigenvalue weighted by atomic mass is 32.2. The normalized spacial score (nSPS) is 25.4. The van der Waals surface area contributed by atoms with Crippen molar-refractivity contribution < 1.29 is 13.2 Å². The Kier molecular flexibility index (Phi) is 4.94. The van der Waals surface area contributed by atoms with Crippen LogP contribution < -0.4 is 0 Å². The minimum Gasteiger partial charge on any atom is -0.337 e. The van der Waals surface area contributed by atoms with Crippen LogP contribution in [0.3, 0.4) is 0 Å². The highest BCUT2D eigenvalue weighted by molar-refractivity contribution is 7.92. The highest BCUT2D eigenvalue weighted by Crippen LogP contribution is 2.36. The molecule has 2 aliphatic heterocycles. The number of hydrogen-bond donors (Lipinski definition) is 0. The Balaban J connectivity index is 1.55. The van der Waals surface area contributed by atoms with Crippen molar-refractivity contribution in [3.63, 3.8) is 0 Å². The lowest BCUT2D eigenvalue weighted by Gasteiger charge is -2.25. The number of likely N-dealkylation sites (tertiary alicyclic amines) is 1. The van der Waals surface area contributed by atoms with Gasteiger partial charge in [0.2, 0.25) is 0 Å². The fourth-order valence-electron chi connectivity index (χ4n) is 4.49. The number of carbonyl (C=O) groups excluding carboxylic acids is 1. The Hall–Kier alpha value is -2.32. The largest absolute Gasteiger partial charge is 0.337 e. The summed E-state index contributed by atoms with van der Waals surface area (Å²) in [6, 6.07) is 7.29. The van der Waals surface area contributed by atoms with Gasteiger partial charge in [-0.15, -0.1) is 0 Å². The molecule has 8 heteroatoms. The minimum absolute atomic E-state index is 0.0246. The molecule has 2 aromatic rings. The summed E-state index contributed by atoms with van der Waals surface area (Å²) < 4.78 is 25.1. The number of carbonyl (C=O) groups is 1.